The second-order valence-electron chi connectivity index (χ2n) is 4.55. The van der Waals surface area contributed by atoms with E-state index in [9.17, 15) is 4.79 Å². The topological polar surface area (TPSA) is 54.0 Å². The second kappa shape index (κ2) is 5.01. The summed E-state index contributed by atoms with van der Waals surface area (Å²) in [7, 11) is 3.07. The molecule has 2 aromatic carbocycles. The van der Waals surface area contributed by atoms with Gasteiger partial charge in [-0.15, -0.1) is 0 Å². The molecule has 5 heteroatoms. The molecular weight excluding hydrogens is 272 g/mol. The fraction of sp³-hybridized carbons (Fsp3) is 0.188. The van der Waals surface area contributed by atoms with Crippen LogP contribution in [0.5, 0.6) is 34.5 Å². The van der Waals surface area contributed by atoms with Crippen LogP contribution < -0.4 is 18.9 Å². The highest BCUT2D eigenvalue weighted by atomic mass is 16.6. The van der Waals surface area contributed by atoms with Gasteiger partial charge in [-0.05, 0) is 31.2 Å². The van der Waals surface area contributed by atoms with Crippen molar-refractivity contribution in [1.82, 2.24) is 0 Å². The maximum absolute atomic E-state index is 11.6. The summed E-state index contributed by atoms with van der Waals surface area (Å²) in [6.07, 6.45) is 0. The number of hydrogen-bond acceptors (Lipinski definition) is 5. The maximum atomic E-state index is 11.6. The van der Waals surface area contributed by atoms with Crippen LogP contribution in [0, 0.1) is 0 Å². The highest BCUT2D eigenvalue weighted by Gasteiger charge is 2.26. The van der Waals surface area contributed by atoms with Crippen LogP contribution in [0.4, 0.5) is 0 Å². The number of carbonyl (C=O) groups is 1. The summed E-state index contributed by atoms with van der Waals surface area (Å²) in [6, 6.07) is 8.63. The summed E-state index contributed by atoms with van der Waals surface area (Å²) in [5, 5.41) is 0. The highest BCUT2D eigenvalue weighted by molar-refractivity contribution is 5.95. The monoisotopic (exact) mass is 286 g/mol. The SMILES string of the molecule is COc1cccc2c1Oc1c(OC)cc(C(C)=O)cc1O2. The average molecular weight is 286 g/mol. The van der Waals surface area contributed by atoms with Gasteiger partial charge in [-0.3, -0.25) is 4.79 Å². The van der Waals surface area contributed by atoms with Crippen molar-refractivity contribution in [2.75, 3.05) is 14.2 Å². The number of benzene rings is 2. The molecule has 1 heterocycles. The third-order valence-corrected chi connectivity index (χ3v) is 3.23. The highest BCUT2D eigenvalue weighted by Crippen LogP contribution is 2.53. The number of rotatable bonds is 3. The molecular formula is C16H14O5. The molecule has 5 nitrogen and oxygen atoms in total. The summed E-state index contributed by atoms with van der Waals surface area (Å²) >= 11 is 0. The van der Waals surface area contributed by atoms with E-state index >= 15 is 0 Å². The Labute approximate surface area is 122 Å². The van der Waals surface area contributed by atoms with E-state index in [-0.39, 0.29) is 5.78 Å². The molecule has 0 saturated heterocycles. The lowest BCUT2D eigenvalue weighted by Gasteiger charge is -2.24. The Morgan fingerprint density at radius 1 is 0.952 bits per heavy atom. The van der Waals surface area contributed by atoms with Crippen molar-refractivity contribution in [2.45, 2.75) is 6.92 Å². The molecule has 0 aromatic heterocycles. The predicted molar refractivity (Wildman–Crippen MR) is 76.1 cm³/mol. The van der Waals surface area contributed by atoms with Crippen molar-refractivity contribution < 1.29 is 23.7 Å². The summed E-state index contributed by atoms with van der Waals surface area (Å²) in [5.41, 5.74) is 0.501. The first kappa shape index (κ1) is 13.3. The number of methoxy groups -OCH3 is 2. The van der Waals surface area contributed by atoms with E-state index in [0.717, 1.165) is 0 Å². The van der Waals surface area contributed by atoms with E-state index in [1.54, 1.807) is 37.4 Å². The third-order valence-electron chi connectivity index (χ3n) is 3.23. The minimum atomic E-state index is -0.0730. The van der Waals surface area contributed by atoms with Crippen LogP contribution in [-0.2, 0) is 0 Å². The molecule has 108 valence electrons. The number of hydrogen-bond donors (Lipinski definition) is 0. The second-order valence-corrected chi connectivity index (χ2v) is 4.55. The number of fused-ring (bicyclic) bond motifs is 2. The molecule has 0 N–H and O–H groups in total. The van der Waals surface area contributed by atoms with E-state index in [2.05, 4.69) is 0 Å². The molecule has 0 radical (unpaired) electrons. The zero-order valence-corrected chi connectivity index (χ0v) is 11.9. The number of ether oxygens (including phenoxy) is 4. The minimum absolute atomic E-state index is 0.0730. The Morgan fingerprint density at radius 3 is 2.33 bits per heavy atom. The van der Waals surface area contributed by atoms with Gasteiger partial charge in [0.05, 0.1) is 14.2 Å². The first-order valence-electron chi connectivity index (χ1n) is 6.39. The zero-order chi connectivity index (χ0) is 15.0. The van der Waals surface area contributed by atoms with Crippen LogP contribution in [0.15, 0.2) is 30.3 Å². The summed E-state index contributed by atoms with van der Waals surface area (Å²) < 4.78 is 22.2. The molecule has 0 bridgehead atoms. The predicted octanol–water partition coefficient (Wildman–Crippen LogP) is 3.80. The largest absolute Gasteiger partial charge is 0.493 e. The Bertz CT molecular complexity index is 721. The molecule has 1 aliphatic heterocycles. The van der Waals surface area contributed by atoms with Crippen LogP contribution >= 0.6 is 0 Å². The molecule has 1 aliphatic rings. The van der Waals surface area contributed by atoms with Gasteiger partial charge >= 0.3 is 0 Å². The van der Waals surface area contributed by atoms with Gasteiger partial charge in [0.15, 0.2) is 28.8 Å². The average Bonchev–Trinajstić information content (AvgIpc) is 2.51. The summed E-state index contributed by atoms with van der Waals surface area (Å²) in [4.78, 5) is 11.6. The molecule has 0 aliphatic carbocycles. The molecule has 0 spiro atoms. The molecule has 21 heavy (non-hydrogen) atoms. The van der Waals surface area contributed by atoms with Gasteiger partial charge in [0.1, 0.15) is 0 Å². The van der Waals surface area contributed by atoms with E-state index < -0.39 is 0 Å². The van der Waals surface area contributed by atoms with Crippen molar-refractivity contribution in [1.29, 1.82) is 0 Å². The molecule has 3 rings (SSSR count). The minimum Gasteiger partial charge on any atom is -0.493 e. The van der Waals surface area contributed by atoms with E-state index in [4.69, 9.17) is 18.9 Å². The standard InChI is InChI=1S/C16H14O5/c1-9(17)10-7-13(19-3)16-14(8-10)20-12-6-4-5-11(18-2)15(12)21-16/h4-8H,1-3H3. The molecule has 2 aromatic rings. The first-order valence-corrected chi connectivity index (χ1v) is 6.39. The van der Waals surface area contributed by atoms with Crippen LogP contribution in [0.25, 0.3) is 0 Å². The number of para-hydroxylation sites is 1. The van der Waals surface area contributed by atoms with Crippen LogP contribution in [0.3, 0.4) is 0 Å². The Hall–Kier alpha value is -2.69. The van der Waals surface area contributed by atoms with Crippen LogP contribution in [0.1, 0.15) is 17.3 Å². The lowest BCUT2D eigenvalue weighted by molar-refractivity contribution is 0.101. The number of ketones is 1. The van der Waals surface area contributed by atoms with Gasteiger partial charge in [0.25, 0.3) is 0 Å². The van der Waals surface area contributed by atoms with Gasteiger partial charge in [-0.2, -0.15) is 0 Å². The Morgan fingerprint density at radius 2 is 1.67 bits per heavy atom. The van der Waals surface area contributed by atoms with Crippen molar-refractivity contribution in [3.8, 4) is 34.5 Å². The van der Waals surface area contributed by atoms with E-state index in [1.807, 2.05) is 0 Å². The fourth-order valence-corrected chi connectivity index (χ4v) is 2.17. The fourth-order valence-electron chi connectivity index (χ4n) is 2.17. The Kier molecular flexibility index (Phi) is 3.17. The van der Waals surface area contributed by atoms with Crippen LogP contribution in [0.2, 0.25) is 0 Å². The first-order chi connectivity index (χ1) is 10.1. The van der Waals surface area contributed by atoms with Gasteiger partial charge < -0.3 is 18.9 Å². The summed E-state index contributed by atoms with van der Waals surface area (Å²) in [5.74, 6) is 2.83. The van der Waals surface area contributed by atoms with Gasteiger partial charge in [-0.25, -0.2) is 0 Å². The Balaban J connectivity index is 2.14. The summed E-state index contributed by atoms with van der Waals surface area (Å²) in [6.45, 7) is 1.49. The molecule has 0 amide bonds. The lowest BCUT2D eigenvalue weighted by Crippen LogP contribution is -2.04. The van der Waals surface area contributed by atoms with Gasteiger partial charge in [-0.1, -0.05) is 6.07 Å². The number of Topliss-reactive ketones (excluding diaryl/α,β-unsaturated/α-hetero) is 1. The van der Waals surface area contributed by atoms with Crippen LogP contribution in [-0.4, -0.2) is 20.0 Å². The van der Waals surface area contributed by atoms with Gasteiger partial charge in [0, 0.05) is 5.56 Å². The molecule has 0 unspecified atom stereocenters. The van der Waals surface area contributed by atoms with Gasteiger partial charge in [0.2, 0.25) is 11.5 Å². The van der Waals surface area contributed by atoms with Crippen molar-refractivity contribution in [3.63, 3.8) is 0 Å². The quantitative estimate of drug-likeness (QED) is 0.685. The smallest absolute Gasteiger partial charge is 0.212 e. The van der Waals surface area contributed by atoms with E-state index in [0.29, 0.717) is 40.1 Å². The third kappa shape index (κ3) is 2.16. The van der Waals surface area contributed by atoms with Crippen molar-refractivity contribution in [3.05, 3.63) is 35.9 Å². The maximum Gasteiger partial charge on any atom is 0.212 e. The molecule has 0 saturated carbocycles. The zero-order valence-electron chi connectivity index (χ0n) is 11.9. The van der Waals surface area contributed by atoms with Crippen molar-refractivity contribution in [2.24, 2.45) is 0 Å². The van der Waals surface area contributed by atoms with E-state index in [1.165, 1.54) is 14.0 Å². The number of carbonyl (C=O) groups excluding carboxylic acids is 1. The lowest BCUT2D eigenvalue weighted by atomic mass is 10.1. The molecule has 0 atom stereocenters. The molecule has 0 fully saturated rings. The van der Waals surface area contributed by atoms with Crippen molar-refractivity contribution >= 4 is 5.78 Å². The normalized spacial score (nSPS) is 11.6.